The van der Waals surface area contributed by atoms with E-state index >= 15 is 0 Å². The molecular formula is C13H18N2O4S2. The number of benzene rings is 1. The third-order valence-corrected chi connectivity index (χ3v) is 5.64. The highest BCUT2D eigenvalue weighted by atomic mass is 32.2. The number of aliphatic carboxylic acids is 1. The minimum atomic E-state index is -3.86. The Morgan fingerprint density at radius 1 is 1.43 bits per heavy atom. The standard InChI is InChI=1S/C13H18N2O4S2/c1-20-11-6-4-5-10(9-11)14-21(18,19)15-8-3-2-7-12(15)13(16)17/h4-6,9,12,14H,2-3,7-8H2,1H3,(H,16,17). The first-order valence-corrected chi connectivity index (χ1v) is 9.27. The van der Waals surface area contributed by atoms with Gasteiger partial charge >= 0.3 is 16.2 Å². The number of carboxylic acid groups (broad SMARTS) is 1. The van der Waals surface area contributed by atoms with Gasteiger partial charge in [-0.3, -0.25) is 9.52 Å². The van der Waals surface area contributed by atoms with Crippen molar-refractivity contribution in [1.29, 1.82) is 0 Å². The molecule has 116 valence electrons. The van der Waals surface area contributed by atoms with Gasteiger partial charge in [-0.15, -0.1) is 11.8 Å². The highest BCUT2D eigenvalue weighted by molar-refractivity contribution is 7.98. The minimum absolute atomic E-state index is 0.231. The molecule has 1 heterocycles. The van der Waals surface area contributed by atoms with E-state index in [0.717, 1.165) is 15.6 Å². The summed E-state index contributed by atoms with van der Waals surface area (Å²) in [4.78, 5) is 12.2. The number of rotatable bonds is 5. The van der Waals surface area contributed by atoms with Crippen molar-refractivity contribution >= 4 is 33.6 Å². The lowest BCUT2D eigenvalue weighted by Gasteiger charge is -2.31. The van der Waals surface area contributed by atoms with Gasteiger partial charge in [0.25, 0.3) is 0 Å². The van der Waals surface area contributed by atoms with Gasteiger partial charge in [-0.25, -0.2) is 0 Å². The van der Waals surface area contributed by atoms with Crippen molar-refractivity contribution in [3.8, 4) is 0 Å². The van der Waals surface area contributed by atoms with Crippen LogP contribution in [0.25, 0.3) is 0 Å². The number of nitrogens with one attached hydrogen (secondary N) is 1. The first-order valence-electron chi connectivity index (χ1n) is 6.60. The zero-order chi connectivity index (χ0) is 15.5. The number of carbonyl (C=O) groups is 1. The lowest BCUT2D eigenvalue weighted by atomic mass is 10.1. The fraction of sp³-hybridized carbons (Fsp3) is 0.462. The number of carboxylic acids is 1. The number of thioether (sulfide) groups is 1. The van der Waals surface area contributed by atoms with Crippen molar-refractivity contribution in [3.63, 3.8) is 0 Å². The summed E-state index contributed by atoms with van der Waals surface area (Å²) in [5.74, 6) is -1.10. The van der Waals surface area contributed by atoms with Crippen molar-refractivity contribution < 1.29 is 18.3 Å². The molecule has 0 saturated carbocycles. The van der Waals surface area contributed by atoms with Crippen LogP contribution in [0.4, 0.5) is 5.69 Å². The summed E-state index contributed by atoms with van der Waals surface area (Å²) >= 11 is 1.51. The van der Waals surface area contributed by atoms with E-state index in [1.807, 2.05) is 12.3 Å². The molecule has 8 heteroatoms. The fourth-order valence-corrected chi connectivity index (χ4v) is 4.24. The molecule has 1 saturated heterocycles. The van der Waals surface area contributed by atoms with Crippen LogP contribution in [0.15, 0.2) is 29.2 Å². The minimum Gasteiger partial charge on any atom is -0.480 e. The third kappa shape index (κ3) is 3.90. The quantitative estimate of drug-likeness (QED) is 0.807. The Kier molecular flexibility index (Phi) is 5.13. The van der Waals surface area contributed by atoms with Crippen LogP contribution in [0.3, 0.4) is 0 Å². The Hall–Kier alpha value is -1.25. The van der Waals surface area contributed by atoms with Crippen molar-refractivity contribution in [2.24, 2.45) is 0 Å². The molecule has 0 bridgehead atoms. The SMILES string of the molecule is CSc1cccc(NS(=O)(=O)N2CCCCC2C(=O)O)c1. The van der Waals surface area contributed by atoms with Gasteiger partial charge in [0.15, 0.2) is 0 Å². The van der Waals surface area contributed by atoms with Gasteiger partial charge in [-0.1, -0.05) is 6.07 Å². The summed E-state index contributed by atoms with van der Waals surface area (Å²) < 4.78 is 28.3. The fourth-order valence-electron chi connectivity index (χ4n) is 2.33. The Balaban J connectivity index is 2.21. The maximum Gasteiger partial charge on any atom is 0.322 e. The molecule has 1 aromatic carbocycles. The van der Waals surface area contributed by atoms with Gasteiger partial charge < -0.3 is 5.11 Å². The lowest BCUT2D eigenvalue weighted by molar-refractivity contribution is -0.142. The van der Waals surface area contributed by atoms with Crippen molar-refractivity contribution in [3.05, 3.63) is 24.3 Å². The zero-order valence-electron chi connectivity index (χ0n) is 11.7. The van der Waals surface area contributed by atoms with Crippen LogP contribution in [-0.2, 0) is 15.0 Å². The van der Waals surface area contributed by atoms with E-state index in [2.05, 4.69) is 4.72 Å². The van der Waals surface area contributed by atoms with Crippen LogP contribution in [0.5, 0.6) is 0 Å². The van der Waals surface area contributed by atoms with Crippen LogP contribution in [0.1, 0.15) is 19.3 Å². The smallest absolute Gasteiger partial charge is 0.322 e. The molecule has 1 aliphatic heterocycles. The number of hydrogen-bond acceptors (Lipinski definition) is 4. The Labute approximate surface area is 128 Å². The molecule has 1 aromatic rings. The van der Waals surface area contributed by atoms with Gasteiger partial charge in [0.1, 0.15) is 6.04 Å². The normalized spacial score (nSPS) is 20.1. The summed E-state index contributed by atoms with van der Waals surface area (Å²) in [6.45, 7) is 0.231. The van der Waals surface area contributed by atoms with E-state index in [1.54, 1.807) is 18.2 Å². The molecule has 6 nitrogen and oxygen atoms in total. The topological polar surface area (TPSA) is 86.7 Å². The van der Waals surface area contributed by atoms with Gasteiger partial charge in [0.05, 0.1) is 5.69 Å². The number of hydrogen-bond donors (Lipinski definition) is 2. The predicted molar refractivity (Wildman–Crippen MR) is 82.7 cm³/mol. The van der Waals surface area contributed by atoms with Crippen LogP contribution in [0.2, 0.25) is 0 Å². The molecule has 0 aliphatic carbocycles. The van der Waals surface area contributed by atoms with Gasteiger partial charge in [0.2, 0.25) is 0 Å². The maximum absolute atomic E-state index is 12.4. The van der Waals surface area contributed by atoms with Crippen molar-refractivity contribution in [2.45, 2.75) is 30.2 Å². The molecule has 0 aromatic heterocycles. The van der Waals surface area contributed by atoms with E-state index in [9.17, 15) is 18.3 Å². The van der Waals surface area contributed by atoms with Crippen LogP contribution in [0, 0.1) is 0 Å². The number of piperidine rings is 1. The number of nitrogens with zero attached hydrogens (tertiary/aromatic N) is 1. The van der Waals surface area contributed by atoms with Crippen LogP contribution < -0.4 is 4.72 Å². The average Bonchev–Trinajstić information content (AvgIpc) is 2.47. The first-order chi connectivity index (χ1) is 9.94. The molecule has 1 aliphatic rings. The molecule has 2 N–H and O–H groups in total. The van der Waals surface area contributed by atoms with Crippen LogP contribution in [-0.4, -0.2) is 42.6 Å². The molecule has 1 fully saturated rings. The second-order valence-corrected chi connectivity index (χ2v) is 7.30. The Morgan fingerprint density at radius 2 is 2.19 bits per heavy atom. The monoisotopic (exact) mass is 330 g/mol. The maximum atomic E-state index is 12.4. The molecule has 2 rings (SSSR count). The van der Waals surface area contributed by atoms with E-state index in [0.29, 0.717) is 18.5 Å². The van der Waals surface area contributed by atoms with E-state index < -0.39 is 22.2 Å². The molecule has 0 radical (unpaired) electrons. The third-order valence-electron chi connectivity index (χ3n) is 3.36. The molecule has 1 unspecified atom stereocenters. The summed E-state index contributed by atoms with van der Waals surface area (Å²) in [7, 11) is -3.86. The largest absolute Gasteiger partial charge is 0.480 e. The zero-order valence-corrected chi connectivity index (χ0v) is 13.3. The van der Waals surface area contributed by atoms with E-state index in [1.165, 1.54) is 11.8 Å². The summed E-state index contributed by atoms with van der Waals surface area (Å²) in [6.07, 6.45) is 3.65. The van der Waals surface area contributed by atoms with Gasteiger partial charge in [0, 0.05) is 11.4 Å². The van der Waals surface area contributed by atoms with Crippen molar-refractivity contribution in [2.75, 3.05) is 17.5 Å². The molecular weight excluding hydrogens is 312 g/mol. The van der Waals surface area contributed by atoms with E-state index in [4.69, 9.17) is 0 Å². The lowest BCUT2D eigenvalue weighted by Crippen LogP contribution is -2.49. The number of anilines is 1. The first kappa shape index (κ1) is 16.1. The van der Waals surface area contributed by atoms with E-state index in [-0.39, 0.29) is 6.54 Å². The summed E-state index contributed by atoms with van der Waals surface area (Å²) in [5.41, 5.74) is 0.441. The molecule has 0 spiro atoms. The second kappa shape index (κ2) is 6.67. The van der Waals surface area contributed by atoms with Gasteiger partial charge in [-0.2, -0.15) is 12.7 Å². The Morgan fingerprint density at radius 3 is 2.86 bits per heavy atom. The second-order valence-electron chi connectivity index (χ2n) is 4.80. The highest BCUT2D eigenvalue weighted by Crippen LogP contribution is 2.24. The Bertz CT molecular complexity index is 618. The average molecular weight is 330 g/mol. The van der Waals surface area contributed by atoms with Crippen LogP contribution >= 0.6 is 11.8 Å². The summed E-state index contributed by atoms with van der Waals surface area (Å²) in [6, 6.07) is 6.02. The molecule has 1 atom stereocenters. The van der Waals surface area contributed by atoms with Gasteiger partial charge in [-0.05, 0) is 43.7 Å². The molecule has 0 amide bonds. The predicted octanol–water partition coefficient (Wildman–Crippen LogP) is 2.00. The van der Waals surface area contributed by atoms with Crippen molar-refractivity contribution in [1.82, 2.24) is 4.31 Å². The molecule has 21 heavy (non-hydrogen) atoms. The summed E-state index contributed by atoms with van der Waals surface area (Å²) in [5, 5.41) is 9.18. The highest BCUT2D eigenvalue weighted by Gasteiger charge is 2.36.